The lowest BCUT2D eigenvalue weighted by Gasteiger charge is -2.16. The van der Waals surface area contributed by atoms with Crippen LogP contribution in [0.1, 0.15) is 19.0 Å². The van der Waals surface area contributed by atoms with Crippen molar-refractivity contribution in [1.29, 1.82) is 0 Å². The normalized spacial score (nSPS) is 10.1. The highest BCUT2D eigenvalue weighted by atomic mass is 16.4. The molecule has 0 saturated heterocycles. The second-order valence-electron chi connectivity index (χ2n) is 3.88. The van der Waals surface area contributed by atoms with Crippen LogP contribution in [0.2, 0.25) is 0 Å². The summed E-state index contributed by atoms with van der Waals surface area (Å²) in [5.74, 6) is -0.988. The highest BCUT2D eigenvalue weighted by molar-refractivity contribution is 5.73. The van der Waals surface area contributed by atoms with Crippen molar-refractivity contribution in [3.8, 4) is 0 Å². The number of aromatic nitrogens is 3. The van der Waals surface area contributed by atoms with E-state index < -0.39 is 5.97 Å². The molecule has 0 unspecified atom stereocenters. The van der Waals surface area contributed by atoms with E-state index in [0.717, 1.165) is 6.42 Å². The molecule has 1 aromatic rings. The predicted octanol–water partition coefficient (Wildman–Crippen LogP) is -0.0859. The molecule has 0 radical (unpaired) electrons. The second kappa shape index (κ2) is 6.58. The fourth-order valence-electron chi connectivity index (χ4n) is 1.37. The first-order valence-corrected chi connectivity index (χ1v) is 5.62. The van der Waals surface area contributed by atoms with Crippen LogP contribution in [-0.4, -0.2) is 50.6 Å². The van der Waals surface area contributed by atoms with Gasteiger partial charge in [-0.05, 0) is 6.42 Å². The Morgan fingerprint density at radius 1 is 1.56 bits per heavy atom. The zero-order valence-electron chi connectivity index (χ0n) is 10.5. The van der Waals surface area contributed by atoms with Crippen molar-refractivity contribution in [3.05, 3.63) is 11.9 Å². The Hall–Kier alpha value is -2.12. The number of carbonyl (C=O) groups excluding carboxylic acids is 1. The first-order valence-electron chi connectivity index (χ1n) is 5.62. The Labute approximate surface area is 105 Å². The van der Waals surface area contributed by atoms with Crippen molar-refractivity contribution >= 4 is 12.0 Å². The third-order valence-corrected chi connectivity index (χ3v) is 2.21. The molecular weight excluding hydrogens is 238 g/mol. The van der Waals surface area contributed by atoms with Gasteiger partial charge in [0.25, 0.3) is 0 Å². The number of carboxylic acids is 1. The van der Waals surface area contributed by atoms with Gasteiger partial charge in [0.15, 0.2) is 0 Å². The van der Waals surface area contributed by atoms with Gasteiger partial charge < -0.3 is 15.3 Å². The monoisotopic (exact) mass is 255 g/mol. The number of nitrogens with one attached hydrogen (secondary N) is 1. The molecule has 0 bridgehead atoms. The number of hydrogen-bond acceptors (Lipinski definition) is 4. The standard InChI is InChI=1S/C10H17N5O3/c1-3-4-14(2)10(18)11-5-8-6-15(13-12-8)7-9(16)17/h6H,3-5,7H2,1-2H3,(H,11,18)(H,16,17). The van der Waals surface area contributed by atoms with E-state index in [0.29, 0.717) is 12.2 Å². The first kappa shape index (κ1) is 13.9. The molecule has 0 spiro atoms. The molecule has 18 heavy (non-hydrogen) atoms. The number of nitrogens with zero attached hydrogens (tertiary/aromatic N) is 4. The van der Waals surface area contributed by atoms with Crippen molar-refractivity contribution in [2.45, 2.75) is 26.4 Å². The third-order valence-electron chi connectivity index (χ3n) is 2.21. The van der Waals surface area contributed by atoms with E-state index in [1.54, 1.807) is 11.9 Å². The van der Waals surface area contributed by atoms with E-state index in [4.69, 9.17) is 5.11 Å². The molecule has 1 heterocycles. The van der Waals surface area contributed by atoms with Gasteiger partial charge in [-0.3, -0.25) is 4.79 Å². The van der Waals surface area contributed by atoms with Crippen molar-refractivity contribution in [2.75, 3.05) is 13.6 Å². The Morgan fingerprint density at radius 2 is 2.28 bits per heavy atom. The molecule has 2 N–H and O–H groups in total. The minimum Gasteiger partial charge on any atom is -0.480 e. The molecule has 0 aromatic carbocycles. The summed E-state index contributed by atoms with van der Waals surface area (Å²) >= 11 is 0. The van der Waals surface area contributed by atoms with Gasteiger partial charge in [0, 0.05) is 13.6 Å². The molecule has 0 aliphatic rings. The molecule has 8 nitrogen and oxygen atoms in total. The van der Waals surface area contributed by atoms with E-state index in [2.05, 4.69) is 15.6 Å². The van der Waals surface area contributed by atoms with Gasteiger partial charge in [0.05, 0.1) is 12.7 Å². The lowest BCUT2D eigenvalue weighted by atomic mass is 10.4. The molecule has 0 atom stereocenters. The summed E-state index contributed by atoms with van der Waals surface area (Å²) in [7, 11) is 1.71. The maximum atomic E-state index is 11.6. The lowest BCUT2D eigenvalue weighted by molar-refractivity contribution is -0.137. The van der Waals surface area contributed by atoms with Crippen LogP contribution in [0, 0.1) is 0 Å². The highest BCUT2D eigenvalue weighted by Gasteiger charge is 2.08. The molecule has 0 saturated carbocycles. The number of amides is 2. The second-order valence-corrected chi connectivity index (χ2v) is 3.88. The Bertz CT molecular complexity index is 417. The van der Waals surface area contributed by atoms with Crippen LogP contribution >= 0.6 is 0 Å². The summed E-state index contributed by atoms with van der Waals surface area (Å²) in [4.78, 5) is 23.6. The first-order chi connectivity index (χ1) is 8.52. The molecule has 0 fully saturated rings. The number of hydrogen-bond donors (Lipinski definition) is 2. The maximum absolute atomic E-state index is 11.6. The quantitative estimate of drug-likeness (QED) is 0.740. The summed E-state index contributed by atoms with van der Waals surface area (Å²) in [6, 6.07) is -0.190. The van der Waals surface area contributed by atoms with Crippen LogP contribution in [0.3, 0.4) is 0 Å². The average molecular weight is 255 g/mol. The molecule has 1 aromatic heterocycles. The smallest absolute Gasteiger partial charge is 0.325 e. The van der Waals surface area contributed by atoms with Gasteiger partial charge in [-0.1, -0.05) is 12.1 Å². The summed E-state index contributed by atoms with van der Waals surface area (Å²) in [5, 5.41) is 18.6. The van der Waals surface area contributed by atoms with Crippen LogP contribution in [0.25, 0.3) is 0 Å². The number of rotatable bonds is 6. The summed E-state index contributed by atoms with van der Waals surface area (Å²) in [6.45, 7) is 2.65. The van der Waals surface area contributed by atoms with Gasteiger partial charge in [-0.15, -0.1) is 5.10 Å². The van der Waals surface area contributed by atoms with Gasteiger partial charge in [-0.25, -0.2) is 9.48 Å². The minimum atomic E-state index is -0.988. The lowest BCUT2D eigenvalue weighted by Crippen LogP contribution is -2.37. The molecule has 100 valence electrons. The van der Waals surface area contributed by atoms with Crippen molar-refractivity contribution in [1.82, 2.24) is 25.2 Å². The third kappa shape index (κ3) is 4.40. The Morgan fingerprint density at radius 3 is 2.89 bits per heavy atom. The maximum Gasteiger partial charge on any atom is 0.325 e. The van der Waals surface area contributed by atoms with E-state index in [1.165, 1.54) is 10.9 Å². The van der Waals surface area contributed by atoms with Crippen LogP contribution < -0.4 is 5.32 Å². The number of carbonyl (C=O) groups is 2. The van der Waals surface area contributed by atoms with Crippen LogP contribution in [-0.2, 0) is 17.9 Å². The van der Waals surface area contributed by atoms with E-state index in [9.17, 15) is 9.59 Å². The average Bonchev–Trinajstić information content (AvgIpc) is 2.73. The van der Waals surface area contributed by atoms with Crippen LogP contribution in [0.5, 0.6) is 0 Å². The molecule has 2 amide bonds. The molecule has 1 rings (SSSR count). The van der Waals surface area contributed by atoms with Crippen LogP contribution in [0.15, 0.2) is 6.20 Å². The van der Waals surface area contributed by atoms with Crippen LogP contribution in [0.4, 0.5) is 4.79 Å². The number of aliphatic carboxylic acids is 1. The molecular formula is C10H17N5O3. The fourth-order valence-corrected chi connectivity index (χ4v) is 1.37. The molecule has 8 heteroatoms. The van der Waals surface area contributed by atoms with E-state index >= 15 is 0 Å². The Balaban J connectivity index is 2.41. The zero-order chi connectivity index (χ0) is 13.5. The molecule has 0 aliphatic heterocycles. The van der Waals surface area contributed by atoms with Gasteiger partial charge in [0.2, 0.25) is 0 Å². The van der Waals surface area contributed by atoms with Crippen molar-refractivity contribution < 1.29 is 14.7 Å². The largest absolute Gasteiger partial charge is 0.480 e. The number of urea groups is 1. The van der Waals surface area contributed by atoms with E-state index in [1.807, 2.05) is 6.92 Å². The Kier molecular flexibility index (Phi) is 5.09. The van der Waals surface area contributed by atoms with Crippen molar-refractivity contribution in [3.63, 3.8) is 0 Å². The van der Waals surface area contributed by atoms with E-state index in [-0.39, 0.29) is 19.1 Å². The topological polar surface area (TPSA) is 100 Å². The highest BCUT2D eigenvalue weighted by Crippen LogP contribution is 1.94. The van der Waals surface area contributed by atoms with Gasteiger partial charge >= 0.3 is 12.0 Å². The summed E-state index contributed by atoms with van der Waals surface area (Å²) < 4.78 is 1.21. The molecule has 0 aliphatic carbocycles. The van der Waals surface area contributed by atoms with Crippen molar-refractivity contribution in [2.24, 2.45) is 0 Å². The SMILES string of the molecule is CCCN(C)C(=O)NCc1cn(CC(=O)O)nn1. The zero-order valence-corrected chi connectivity index (χ0v) is 10.5. The number of carboxylic acid groups (broad SMARTS) is 1. The summed E-state index contributed by atoms with van der Waals surface area (Å²) in [6.07, 6.45) is 2.38. The summed E-state index contributed by atoms with van der Waals surface area (Å²) in [5.41, 5.74) is 0.523. The van der Waals surface area contributed by atoms with Gasteiger partial charge in [0.1, 0.15) is 12.2 Å². The predicted molar refractivity (Wildman–Crippen MR) is 62.8 cm³/mol. The van der Waals surface area contributed by atoms with Gasteiger partial charge in [-0.2, -0.15) is 0 Å². The fraction of sp³-hybridized carbons (Fsp3) is 0.600. The minimum absolute atomic E-state index is 0.190.